The monoisotopic (exact) mass is 426 g/mol. The summed E-state index contributed by atoms with van der Waals surface area (Å²) in [5, 5.41) is 2.45. The molecule has 0 saturated carbocycles. The van der Waals surface area contributed by atoms with Crippen molar-refractivity contribution in [1.82, 2.24) is 15.4 Å². The lowest BCUT2D eigenvalue weighted by atomic mass is 10.1. The molecule has 0 radical (unpaired) electrons. The molecule has 0 spiro atoms. The number of methoxy groups -OCH3 is 1. The van der Waals surface area contributed by atoms with Crippen LogP contribution in [0.4, 0.5) is 11.5 Å². The lowest BCUT2D eigenvalue weighted by Crippen LogP contribution is -2.39. The van der Waals surface area contributed by atoms with E-state index in [0.29, 0.717) is 11.4 Å². The number of epoxide rings is 1. The highest BCUT2D eigenvalue weighted by Crippen LogP contribution is 2.34. The summed E-state index contributed by atoms with van der Waals surface area (Å²) in [6, 6.07) is 22.6. The zero-order chi connectivity index (χ0) is 21.9. The number of hydrazine groups is 1. The number of rotatable bonds is 7. The molecule has 2 heterocycles. The van der Waals surface area contributed by atoms with Crippen LogP contribution in [0.1, 0.15) is 15.9 Å². The number of carbonyl (C=O) groups is 1. The molecule has 1 amide bonds. The van der Waals surface area contributed by atoms with Crippen LogP contribution in [0.2, 0.25) is 0 Å². The molecule has 1 atom stereocenters. The molecule has 32 heavy (non-hydrogen) atoms. The first-order valence-electron chi connectivity index (χ1n) is 10.4. The van der Waals surface area contributed by atoms with Crippen LogP contribution in [0.3, 0.4) is 0 Å². The molecule has 4 aromatic rings. The van der Waals surface area contributed by atoms with Crippen LogP contribution < -0.4 is 15.2 Å². The Morgan fingerprint density at radius 2 is 1.81 bits per heavy atom. The number of carbonyl (C=O) groups excluding carboxylic acids is 1. The summed E-state index contributed by atoms with van der Waals surface area (Å²) in [5.74, 6) is 1.06. The number of hydrogen-bond donors (Lipinski definition) is 1. The summed E-state index contributed by atoms with van der Waals surface area (Å²) < 4.78 is 11.0. The SMILES string of the molecule is COc1cc2c(N(NC(=O)c3ccccc3)c3ccccc3)ncnc2cc1CC1CO1. The van der Waals surface area contributed by atoms with Gasteiger partial charge in [0, 0.05) is 17.4 Å². The van der Waals surface area contributed by atoms with Gasteiger partial charge in [0.15, 0.2) is 5.82 Å². The molecule has 1 aliphatic rings. The summed E-state index contributed by atoms with van der Waals surface area (Å²) in [4.78, 5) is 22.0. The van der Waals surface area contributed by atoms with Crippen molar-refractivity contribution in [1.29, 1.82) is 0 Å². The van der Waals surface area contributed by atoms with E-state index >= 15 is 0 Å². The number of para-hydroxylation sites is 1. The van der Waals surface area contributed by atoms with Crippen LogP contribution in [-0.2, 0) is 11.2 Å². The van der Waals surface area contributed by atoms with Gasteiger partial charge in [0.2, 0.25) is 0 Å². The Morgan fingerprint density at radius 3 is 2.50 bits per heavy atom. The number of fused-ring (bicyclic) bond motifs is 1. The highest BCUT2D eigenvalue weighted by Gasteiger charge is 2.25. The van der Waals surface area contributed by atoms with Crippen molar-refractivity contribution in [3.63, 3.8) is 0 Å². The van der Waals surface area contributed by atoms with Gasteiger partial charge >= 0.3 is 0 Å². The summed E-state index contributed by atoms with van der Waals surface area (Å²) in [6.07, 6.45) is 2.51. The molecule has 1 fully saturated rings. The molecule has 1 unspecified atom stereocenters. The zero-order valence-electron chi connectivity index (χ0n) is 17.6. The van der Waals surface area contributed by atoms with E-state index in [4.69, 9.17) is 9.47 Å². The number of anilines is 2. The predicted octanol–water partition coefficient (Wildman–Crippen LogP) is 4.06. The van der Waals surface area contributed by atoms with Crippen LogP contribution in [-0.4, -0.2) is 35.7 Å². The van der Waals surface area contributed by atoms with Crippen molar-refractivity contribution in [2.24, 2.45) is 0 Å². The first-order chi connectivity index (χ1) is 15.7. The van der Waals surface area contributed by atoms with E-state index in [9.17, 15) is 4.79 Å². The van der Waals surface area contributed by atoms with Gasteiger partial charge in [-0.1, -0.05) is 36.4 Å². The lowest BCUT2D eigenvalue weighted by molar-refractivity contribution is 0.0953. The van der Waals surface area contributed by atoms with Gasteiger partial charge in [0.05, 0.1) is 31.0 Å². The number of ether oxygens (including phenoxy) is 2. The smallest absolute Gasteiger partial charge is 0.270 e. The van der Waals surface area contributed by atoms with E-state index in [1.165, 1.54) is 6.33 Å². The molecular formula is C25H22N4O3. The number of aromatic nitrogens is 2. The second kappa shape index (κ2) is 8.64. The summed E-state index contributed by atoms with van der Waals surface area (Å²) in [7, 11) is 1.65. The second-order valence-corrected chi connectivity index (χ2v) is 7.52. The first-order valence-corrected chi connectivity index (χ1v) is 10.4. The van der Waals surface area contributed by atoms with Crippen molar-refractivity contribution < 1.29 is 14.3 Å². The molecule has 0 bridgehead atoms. The first kappa shape index (κ1) is 20.0. The number of benzene rings is 3. The molecule has 1 aromatic heterocycles. The minimum Gasteiger partial charge on any atom is -0.496 e. The Kier molecular flexibility index (Phi) is 5.39. The molecular weight excluding hydrogens is 404 g/mol. The van der Waals surface area contributed by atoms with Gasteiger partial charge in [-0.3, -0.25) is 10.2 Å². The van der Waals surface area contributed by atoms with E-state index in [1.54, 1.807) is 24.3 Å². The van der Waals surface area contributed by atoms with Crippen LogP contribution in [0.15, 0.2) is 79.1 Å². The normalized spacial score (nSPS) is 14.7. The van der Waals surface area contributed by atoms with Crippen LogP contribution >= 0.6 is 0 Å². The third kappa shape index (κ3) is 4.10. The average Bonchev–Trinajstić information content (AvgIpc) is 3.67. The van der Waals surface area contributed by atoms with Crippen LogP contribution in [0, 0.1) is 0 Å². The Morgan fingerprint density at radius 1 is 1.09 bits per heavy atom. The van der Waals surface area contributed by atoms with Crippen molar-refractivity contribution in [2.45, 2.75) is 12.5 Å². The molecule has 3 aromatic carbocycles. The third-order valence-corrected chi connectivity index (χ3v) is 5.34. The van der Waals surface area contributed by atoms with Crippen LogP contribution in [0.25, 0.3) is 10.9 Å². The third-order valence-electron chi connectivity index (χ3n) is 5.34. The summed E-state index contributed by atoms with van der Waals surface area (Å²) in [6.45, 7) is 0.767. The Balaban J connectivity index is 1.60. The van der Waals surface area contributed by atoms with E-state index in [0.717, 1.165) is 40.9 Å². The number of nitrogens with zero attached hydrogens (tertiary/aromatic N) is 3. The largest absolute Gasteiger partial charge is 0.496 e. The number of hydrogen-bond acceptors (Lipinski definition) is 6. The molecule has 5 rings (SSSR count). The highest BCUT2D eigenvalue weighted by atomic mass is 16.6. The second-order valence-electron chi connectivity index (χ2n) is 7.52. The maximum absolute atomic E-state index is 13.0. The van der Waals surface area contributed by atoms with Crippen molar-refractivity contribution in [3.8, 4) is 5.75 Å². The number of amides is 1. The molecule has 1 aliphatic heterocycles. The van der Waals surface area contributed by atoms with E-state index < -0.39 is 0 Å². The molecule has 160 valence electrons. The highest BCUT2D eigenvalue weighted by molar-refractivity contribution is 5.98. The van der Waals surface area contributed by atoms with Crippen LogP contribution in [0.5, 0.6) is 5.75 Å². The minimum atomic E-state index is -0.240. The topological polar surface area (TPSA) is 79.9 Å². The maximum atomic E-state index is 13.0. The van der Waals surface area contributed by atoms with Gasteiger partial charge < -0.3 is 9.47 Å². The predicted molar refractivity (Wildman–Crippen MR) is 122 cm³/mol. The Labute approximate surface area is 185 Å². The number of nitrogens with one attached hydrogen (secondary N) is 1. The molecule has 1 saturated heterocycles. The molecule has 0 aliphatic carbocycles. The Bertz CT molecular complexity index is 1240. The minimum absolute atomic E-state index is 0.230. The van der Waals surface area contributed by atoms with Gasteiger partial charge in [0.1, 0.15) is 12.1 Å². The summed E-state index contributed by atoms with van der Waals surface area (Å²) >= 11 is 0. The van der Waals surface area contributed by atoms with Gasteiger partial charge in [-0.15, -0.1) is 0 Å². The van der Waals surface area contributed by atoms with E-state index in [-0.39, 0.29) is 12.0 Å². The quantitative estimate of drug-likeness (QED) is 0.355. The fourth-order valence-electron chi connectivity index (χ4n) is 3.64. The van der Waals surface area contributed by atoms with Gasteiger partial charge in [-0.05, 0) is 42.0 Å². The fourth-order valence-corrected chi connectivity index (χ4v) is 3.64. The van der Waals surface area contributed by atoms with E-state index in [2.05, 4.69) is 15.4 Å². The van der Waals surface area contributed by atoms with Gasteiger partial charge in [0.25, 0.3) is 5.91 Å². The van der Waals surface area contributed by atoms with E-state index in [1.807, 2.05) is 60.7 Å². The van der Waals surface area contributed by atoms with Gasteiger partial charge in [-0.25, -0.2) is 15.0 Å². The maximum Gasteiger partial charge on any atom is 0.270 e. The van der Waals surface area contributed by atoms with Gasteiger partial charge in [-0.2, -0.15) is 0 Å². The van der Waals surface area contributed by atoms with Crippen molar-refractivity contribution in [3.05, 3.63) is 90.3 Å². The van der Waals surface area contributed by atoms with Crippen molar-refractivity contribution >= 4 is 28.3 Å². The Hall–Kier alpha value is -3.97. The average molecular weight is 426 g/mol. The molecule has 1 N–H and O–H groups in total. The molecule has 7 heteroatoms. The summed E-state index contributed by atoms with van der Waals surface area (Å²) in [5.41, 5.74) is 6.12. The van der Waals surface area contributed by atoms with Crippen molar-refractivity contribution in [2.75, 3.05) is 18.7 Å². The standard InChI is InChI=1S/C25H22N4O3/c1-31-23-14-21-22(13-18(23)12-20-15-32-20)26-16-27-24(21)29(19-10-6-3-7-11-19)28-25(30)17-8-4-2-5-9-17/h2-11,13-14,16,20H,12,15H2,1H3,(H,28,30). The lowest BCUT2D eigenvalue weighted by Gasteiger charge is -2.25. The fraction of sp³-hybridized carbons (Fsp3) is 0.160. The zero-order valence-corrected chi connectivity index (χ0v) is 17.6. The molecule has 7 nitrogen and oxygen atoms in total.